The van der Waals surface area contributed by atoms with Crippen LogP contribution in [0.15, 0.2) is 6.07 Å². The standard InChI is InChI=1S/C20H28N2/c1-10-8-17(11(2)14(5)19(10)21)9-18-12(3)15(6)20(22)16(7)13(18)4/h8H,9,21-22H2,1-7H3. The van der Waals surface area contributed by atoms with E-state index in [1.807, 2.05) is 0 Å². The van der Waals surface area contributed by atoms with Gasteiger partial charge in [-0.15, -0.1) is 0 Å². The summed E-state index contributed by atoms with van der Waals surface area (Å²) >= 11 is 0. The van der Waals surface area contributed by atoms with Crippen LogP contribution in [0.3, 0.4) is 0 Å². The molecule has 0 aliphatic carbocycles. The molecule has 0 heterocycles. The van der Waals surface area contributed by atoms with Gasteiger partial charge in [0.1, 0.15) is 0 Å². The van der Waals surface area contributed by atoms with E-state index in [4.69, 9.17) is 11.5 Å². The molecule has 0 amide bonds. The van der Waals surface area contributed by atoms with Gasteiger partial charge in [0.2, 0.25) is 0 Å². The quantitative estimate of drug-likeness (QED) is 0.796. The van der Waals surface area contributed by atoms with Crippen molar-refractivity contribution in [3.05, 3.63) is 56.1 Å². The third-order valence-electron chi connectivity index (χ3n) is 5.47. The molecule has 118 valence electrons. The minimum Gasteiger partial charge on any atom is -0.398 e. The molecule has 22 heavy (non-hydrogen) atoms. The molecule has 0 bridgehead atoms. The molecule has 2 heteroatoms. The third kappa shape index (κ3) is 2.47. The Morgan fingerprint density at radius 2 is 1.09 bits per heavy atom. The second-order valence-corrected chi connectivity index (χ2v) is 6.59. The number of benzene rings is 2. The largest absolute Gasteiger partial charge is 0.398 e. The summed E-state index contributed by atoms with van der Waals surface area (Å²) in [5.74, 6) is 0. The molecular weight excluding hydrogens is 268 g/mol. The SMILES string of the molecule is Cc1cc(Cc2c(C)c(C)c(N)c(C)c2C)c(C)c(C)c1N. The molecule has 2 aromatic rings. The number of hydrogen-bond acceptors (Lipinski definition) is 2. The average Bonchev–Trinajstić information content (AvgIpc) is 2.50. The first kappa shape index (κ1) is 16.4. The molecule has 0 spiro atoms. The Labute approximate surface area is 134 Å². The zero-order valence-corrected chi connectivity index (χ0v) is 14.9. The summed E-state index contributed by atoms with van der Waals surface area (Å²) in [6, 6.07) is 2.23. The summed E-state index contributed by atoms with van der Waals surface area (Å²) in [7, 11) is 0. The maximum Gasteiger partial charge on any atom is 0.0378 e. The predicted molar refractivity (Wildman–Crippen MR) is 97.7 cm³/mol. The highest BCUT2D eigenvalue weighted by molar-refractivity contribution is 5.64. The summed E-state index contributed by atoms with van der Waals surface area (Å²) in [6.45, 7) is 15.0. The smallest absolute Gasteiger partial charge is 0.0378 e. The van der Waals surface area contributed by atoms with Crippen LogP contribution < -0.4 is 11.5 Å². The van der Waals surface area contributed by atoms with E-state index in [2.05, 4.69) is 54.5 Å². The molecule has 0 atom stereocenters. The van der Waals surface area contributed by atoms with Gasteiger partial charge in [0.15, 0.2) is 0 Å². The van der Waals surface area contributed by atoms with Gasteiger partial charge in [-0.05, 0) is 105 Å². The zero-order valence-electron chi connectivity index (χ0n) is 14.9. The predicted octanol–water partition coefficient (Wildman–Crippen LogP) is 4.60. The van der Waals surface area contributed by atoms with E-state index in [1.165, 1.54) is 44.5 Å². The van der Waals surface area contributed by atoms with Crippen LogP contribution in [-0.2, 0) is 6.42 Å². The molecule has 0 unspecified atom stereocenters. The van der Waals surface area contributed by atoms with Gasteiger partial charge in [-0.2, -0.15) is 0 Å². The van der Waals surface area contributed by atoms with Gasteiger partial charge in [-0.3, -0.25) is 0 Å². The van der Waals surface area contributed by atoms with Crippen molar-refractivity contribution in [1.82, 2.24) is 0 Å². The second kappa shape index (κ2) is 5.68. The highest BCUT2D eigenvalue weighted by Gasteiger charge is 2.15. The molecule has 0 saturated carbocycles. The molecule has 0 aliphatic rings. The van der Waals surface area contributed by atoms with E-state index in [-0.39, 0.29) is 0 Å². The van der Waals surface area contributed by atoms with Crippen LogP contribution in [0.2, 0.25) is 0 Å². The number of nitrogens with two attached hydrogens (primary N) is 2. The molecular formula is C20H28N2. The molecule has 0 radical (unpaired) electrons. The van der Waals surface area contributed by atoms with Crippen LogP contribution in [0.5, 0.6) is 0 Å². The fraction of sp³-hybridized carbons (Fsp3) is 0.400. The van der Waals surface area contributed by atoms with Gasteiger partial charge < -0.3 is 11.5 Å². The van der Waals surface area contributed by atoms with Crippen molar-refractivity contribution < 1.29 is 0 Å². The maximum absolute atomic E-state index is 6.23. The van der Waals surface area contributed by atoms with E-state index in [0.717, 1.165) is 23.4 Å². The lowest BCUT2D eigenvalue weighted by Crippen LogP contribution is -2.07. The number of nitrogen functional groups attached to an aromatic ring is 2. The van der Waals surface area contributed by atoms with Crippen molar-refractivity contribution in [1.29, 1.82) is 0 Å². The van der Waals surface area contributed by atoms with Crippen LogP contribution in [0.1, 0.15) is 50.1 Å². The van der Waals surface area contributed by atoms with Crippen molar-refractivity contribution in [2.75, 3.05) is 11.5 Å². The van der Waals surface area contributed by atoms with E-state index >= 15 is 0 Å². The van der Waals surface area contributed by atoms with E-state index in [9.17, 15) is 0 Å². The minimum atomic E-state index is 0.916. The molecule has 0 aromatic heterocycles. The zero-order chi connectivity index (χ0) is 16.8. The summed E-state index contributed by atoms with van der Waals surface area (Å²) in [4.78, 5) is 0. The van der Waals surface area contributed by atoms with Gasteiger partial charge in [0.05, 0.1) is 0 Å². The van der Waals surface area contributed by atoms with Gasteiger partial charge in [-0.1, -0.05) is 6.07 Å². The molecule has 2 rings (SSSR count). The summed E-state index contributed by atoms with van der Waals surface area (Å²) in [5, 5.41) is 0. The van der Waals surface area contributed by atoms with E-state index in [0.29, 0.717) is 0 Å². The lowest BCUT2D eigenvalue weighted by atomic mass is 9.86. The molecule has 0 aliphatic heterocycles. The van der Waals surface area contributed by atoms with Crippen molar-refractivity contribution in [2.45, 2.75) is 54.9 Å². The molecule has 2 nitrogen and oxygen atoms in total. The number of hydrogen-bond donors (Lipinski definition) is 2. The van der Waals surface area contributed by atoms with Gasteiger partial charge in [0.25, 0.3) is 0 Å². The molecule has 0 saturated heterocycles. The molecule has 2 aromatic carbocycles. The summed E-state index contributed by atoms with van der Waals surface area (Å²) in [6.07, 6.45) is 0.938. The Bertz CT molecular complexity index is 726. The van der Waals surface area contributed by atoms with Crippen LogP contribution in [0, 0.1) is 48.5 Å². The van der Waals surface area contributed by atoms with Gasteiger partial charge in [-0.25, -0.2) is 0 Å². The number of anilines is 2. The fourth-order valence-corrected chi connectivity index (χ4v) is 3.24. The van der Waals surface area contributed by atoms with Gasteiger partial charge in [0, 0.05) is 11.4 Å². The van der Waals surface area contributed by atoms with Crippen LogP contribution in [0.4, 0.5) is 11.4 Å². The van der Waals surface area contributed by atoms with Crippen molar-refractivity contribution in [3.63, 3.8) is 0 Å². The number of rotatable bonds is 2. The lowest BCUT2D eigenvalue weighted by molar-refractivity contribution is 1.06. The number of aryl methyl sites for hydroxylation is 1. The van der Waals surface area contributed by atoms with Crippen molar-refractivity contribution >= 4 is 11.4 Å². The fourth-order valence-electron chi connectivity index (χ4n) is 3.24. The van der Waals surface area contributed by atoms with Crippen molar-refractivity contribution in [3.8, 4) is 0 Å². The van der Waals surface area contributed by atoms with E-state index in [1.54, 1.807) is 0 Å². The molecule has 4 N–H and O–H groups in total. The highest BCUT2D eigenvalue weighted by atomic mass is 14.6. The Morgan fingerprint density at radius 3 is 1.59 bits per heavy atom. The Kier molecular flexibility index (Phi) is 4.23. The first-order chi connectivity index (χ1) is 10.2. The lowest BCUT2D eigenvalue weighted by Gasteiger charge is -2.20. The van der Waals surface area contributed by atoms with Gasteiger partial charge >= 0.3 is 0 Å². The summed E-state index contributed by atoms with van der Waals surface area (Å²) < 4.78 is 0. The van der Waals surface area contributed by atoms with E-state index < -0.39 is 0 Å². The normalized spacial score (nSPS) is 11.0. The molecule has 0 fully saturated rings. The Hall–Kier alpha value is -1.96. The van der Waals surface area contributed by atoms with Crippen LogP contribution >= 0.6 is 0 Å². The topological polar surface area (TPSA) is 52.0 Å². The first-order valence-electron chi connectivity index (χ1n) is 7.86. The van der Waals surface area contributed by atoms with Crippen LogP contribution in [0.25, 0.3) is 0 Å². The maximum atomic E-state index is 6.23. The highest BCUT2D eigenvalue weighted by Crippen LogP contribution is 2.32. The van der Waals surface area contributed by atoms with Crippen molar-refractivity contribution in [2.24, 2.45) is 0 Å². The third-order valence-corrected chi connectivity index (χ3v) is 5.47. The minimum absolute atomic E-state index is 0.916. The Morgan fingerprint density at radius 1 is 0.636 bits per heavy atom. The average molecular weight is 296 g/mol. The Balaban J connectivity index is 2.63. The van der Waals surface area contributed by atoms with Crippen LogP contribution in [-0.4, -0.2) is 0 Å². The summed E-state index contributed by atoms with van der Waals surface area (Å²) in [5.41, 5.74) is 25.7. The first-order valence-corrected chi connectivity index (χ1v) is 7.86. The second-order valence-electron chi connectivity index (χ2n) is 6.59. The monoisotopic (exact) mass is 296 g/mol.